The molecule has 4 nitrogen and oxygen atoms in total. The quantitative estimate of drug-likeness (QED) is 0.686. The summed E-state index contributed by atoms with van der Waals surface area (Å²) >= 11 is 0. The molecular weight excluding hydrogens is 166 g/mol. The highest BCUT2D eigenvalue weighted by atomic mass is 16.3. The van der Waals surface area contributed by atoms with Crippen molar-refractivity contribution in [3.63, 3.8) is 0 Å². The molecule has 0 aromatic carbocycles. The number of hydrogen-bond donors (Lipinski definition) is 1. The van der Waals surface area contributed by atoms with Crippen LogP contribution in [0.1, 0.15) is 13.8 Å². The van der Waals surface area contributed by atoms with Gasteiger partial charge >= 0.3 is 0 Å². The lowest BCUT2D eigenvalue weighted by molar-refractivity contribution is 0.136. The van der Waals surface area contributed by atoms with Crippen LogP contribution in [0.25, 0.3) is 5.70 Å². The van der Waals surface area contributed by atoms with Gasteiger partial charge in [-0.15, -0.1) is 0 Å². The number of nitriles is 1. The second-order valence-corrected chi connectivity index (χ2v) is 3.17. The van der Waals surface area contributed by atoms with E-state index in [-0.39, 0.29) is 0 Å². The molecule has 0 unspecified atom stereocenters. The van der Waals surface area contributed by atoms with Gasteiger partial charge in [-0.1, -0.05) is 0 Å². The molecule has 0 spiro atoms. The molecule has 68 valence electrons. The minimum absolute atomic E-state index is 0.458. The van der Waals surface area contributed by atoms with Crippen molar-refractivity contribution in [3.8, 4) is 6.07 Å². The maximum atomic E-state index is 9.70. The van der Waals surface area contributed by atoms with E-state index in [0.717, 1.165) is 0 Å². The number of hydrogen-bond acceptors (Lipinski definition) is 3. The molecule has 0 bridgehead atoms. The first-order chi connectivity index (χ1) is 6.05. The molecule has 0 aliphatic carbocycles. The normalized spacial score (nSPS) is 12.6. The summed E-state index contributed by atoms with van der Waals surface area (Å²) in [6, 6.07) is 3.61. The Kier molecular flexibility index (Phi) is 2.49. The van der Waals surface area contributed by atoms with Gasteiger partial charge in [-0.3, -0.25) is 0 Å². The molecule has 1 aromatic rings. The average Bonchev–Trinajstić information content (AvgIpc) is 2.49. The summed E-state index contributed by atoms with van der Waals surface area (Å²) < 4.78 is 1.48. The molecule has 0 amide bonds. The van der Waals surface area contributed by atoms with E-state index in [4.69, 9.17) is 5.26 Å². The fourth-order valence-corrected chi connectivity index (χ4v) is 0.996. The SMILES string of the molecule is CC(C)(O)/C(=C\C#N)n1cccn1. The Bertz CT molecular complexity index is 338. The van der Waals surface area contributed by atoms with Crippen LogP contribution in [-0.2, 0) is 0 Å². The van der Waals surface area contributed by atoms with Crippen LogP contribution < -0.4 is 0 Å². The summed E-state index contributed by atoms with van der Waals surface area (Å²) in [7, 11) is 0. The minimum atomic E-state index is -1.07. The molecule has 0 radical (unpaired) electrons. The second kappa shape index (κ2) is 3.42. The highest BCUT2D eigenvalue weighted by molar-refractivity contribution is 5.55. The summed E-state index contributed by atoms with van der Waals surface area (Å²) in [5.41, 5.74) is -0.609. The maximum Gasteiger partial charge on any atom is 0.102 e. The Morgan fingerprint density at radius 3 is 2.77 bits per heavy atom. The number of aromatic nitrogens is 2. The van der Waals surface area contributed by atoms with E-state index in [9.17, 15) is 5.11 Å². The smallest absolute Gasteiger partial charge is 0.102 e. The first-order valence-corrected chi connectivity index (χ1v) is 3.88. The van der Waals surface area contributed by atoms with E-state index in [1.807, 2.05) is 6.07 Å². The van der Waals surface area contributed by atoms with Gasteiger partial charge in [-0.2, -0.15) is 10.4 Å². The van der Waals surface area contributed by atoms with E-state index < -0.39 is 5.60 Å². The molecule has 1 aromatic heterocycles. The Morgan fingerprint density at radius 2 is 2.38 bits per heavy atom. The molecule has 1 heterocycles. The van der Waals surface area contributed by atoms with Gasteiger partial charge in [0.05, 0.1) is 11.8 Å². The molecule has 1 N–H and O–H groups in total. The molecule has 1 rings (SSSR count). The Hall–Kier alpha value is -1.60. The number of nitrogens with zero attached hydrogens (tertiary/aromatic N) is 3. The molecular formula is C9H11N3O. The topological polar surface area (TPSA) is 61.8 Å². The van der Waals surface area contributed by atoms with Gasteiger partial charge in [0.2, 0.25) is 0 Å². The van der Waals surface area contributed by atoms with Crippen LogP contribution in [0.4, 0.5) is 0 Å². The van der Waals surface area contributed by atoms with Crippen molar-refractivity contribution in [3.05, 3.63) is 24.5 Å². The van der Waals surface area contributed by atoms with Crippen LogP contribution in [-0.4, -0.2) is 20.5 Å². The zero-order chi connectivity index (χ0) is 9.90. The van der Waals surface area contributed by atoms with Crippen LogP contribution in [0, 0.1) is 11.3 Å². The molecule has 0 saturated heterocycles. The van der Waals surface area contributed by atoms with Crippen molar-refractivity contribution in [1.29, 1.82) is 5.26 Å². The van der Waals surface area contributed by atoms with Gasteiger partial charge in [0.25, 0.3) is 0 Å². The van der Waals surface area contributed by atoms with Crippen LogP contribution in [0.3, 0.4) is 0 Å². The molecule has 0 aliphatic rings. The van der Waals surface area contributed by atoms with Crippen LogP contribution in [0.5, 0.6) is 0 Å². The summed E-state index contributed by atoms with van der Waals surface area (Å²) in [4.78, 5) is 0. The average molecular weight is 177 g/mol. The van der Waals surface area contributed by atoms with Gasteiger partial charge in [-0.05, 0) is 19.9 Å². The maximum absolute atomic E-state index is 9.70. The lowest BCUT2D eigenvalue weighted by atomic mass is 10.1. The van der Waals surface area contributed by atoms with E-state index in [1.54, 1.807) is 32.3 Å². The van der Waals surface area contributed by atoms with Crippen molar-refractivity contribution in [1.82, 2.24) is 9.78 Å². The standard InChI is InChI=1S/C9H11N3O/c1-9(2,13)8(4-5-10)12-7-3-6-11-12/h3-4,6-7,13H,1-2H3/b8-4+. The van der Waals surface area contributed by atoms with Crippen molar-refractivity contribution < 1.29 is 5.11 Å². The number of allylic oxidation sites excluding steroid dienone is 1. The van der Waals surface area contributed by atoms with Crippen LogP contribution in [0.2, 0.25) is 0 Å². The molecule has 0 saturated carbocycles. The fourth-order valence-electron chi connectivity index (χ4n) is 0.996. The van der Waals surface area contributed by atoms with Crippen LogP contribution >= 0.6 is 0 Å². The van der Waals surface area contributed by atoms with E-state index in [2.05, 4.69) is 5.10 Å². The van der Waals surface area contributed by atoms with Crippen molar-refractivity contribution in [2.24, 2.45) is 0 Å². The summed E-state index contributed by atoms with van der Waals surface area (Å²) in [5, 5.41) is 22.2. The first-order valence-electron chi connectivity index (χ1n) is 3.88. The van der Waals surface area contributed by atoms with Crippen molar-refractivity contribution >= 4 is 5.70 Å². The van der Waals surface area contributed by atoms with E-state index >= 15 is 0 Å². The summed E-state index contributed by atoms with van der Waals surface area (Å²) in [6.07, 6.45) is 4.56. The molecule has 0 aliphatic heterocycles. The summed E-state index contributed by atoms with van der Waals surface area (Å²) in [6.45, 7) is 3.22. The third-order valence-corrected chi connectivity index (χ3v) is 1.58. The molecule has 13 heavy (non-hydrogen) atoms. The van der Waals surface area contributed by atoms with Gasteiger partial charge in [0.15, 0.2) is 0 Å². The lowest BCUT2D eigenvalue weighted by Gasteiger charge is -2.20. The van der Waals surface area contributed by atoms with Crippen molar-refractivity contribution in [2.75, 3.05) is 0 Å². The molecule has 0 atom stereocenters. The van der Waals surface area contributed by atoms with Gasteiger partial charge < -0.3 is 5.11 Å². The Morgan fingerprint density at radius 1 is 1.69 bits per heavy atom. The zero-order valence-electron chi connectivity index (χ0n) is 7.60. The molecule has 0 fully saturated rings. The van der Waals surface area contributed by atoms with Gasteiger partial charge in [0.1, 0.15) is 5.60 Å². The Balaban J connectivity index is 3.11. The first kappa shape index (κ1) is 9.49. The zero-order valence-corrected chi connectivity index (χ0v) is 7.60. The predicted octanol–water partition coefficient (Wildman–Crippen LogP) is 1.02. The minimum Gasteiger partial charge on any atom is -0.384 e. The van der Waals surface area contributed by atoms with Crippen molar-refractivity contribution in [2.45, 2.75) is 19.4 Å². The third-order valence-electron chi connectivity index (χ3n) is 1.58. The van der Waals surface area contributed by atoms with E-state index in [0.29, 0.717) is 5.70 Å². The lowest BCUT2D eigenvalue weighted by Crippen LogP contribution is -2.25. The van der Waals surface area contributed by atoms with Crippen LogP contribution in [0.15, 0.2) is 24.5 Å². The largest absolute Gasteiger partial charge is 0.384 e. The van der Waals surface area contributed by atoms with Gasteiger partial charge in [-0.25, -0.2) is 4.68 Å². The second-order valence-electron chi connectivity index (χ2n) is 3.17. The number of rotatable bonds is 2. The highest BCUT2D eigenvalue weighted by Crippen LogP contribution is 2.19. The fraction of sp³-hybridized carbons (Fsp3) is 0.333. The molecule has 4 heteroatoms. The predicted molar refractivity (Wildman–Crippen MR) is 48.4 cm³/mol. The third kappa shape index (κ3) is 2.17. The number of aliphatic hydroxyl groups is 1. The summed E-state index contributed by atoms with van der Waals surface area (Å²) in [5.74, 6) is 0. The van der Waals surface area contributed by atoms with E-state index in [1.165, 1.54) is 10.8 Å². The van der Waals surface area contributed by atoms with Gasteiger partial charge in [0, 0.05) is 18.5 Å². The monoisotopic (exact) mass is 177 g/mol. The highest BCUT2D eigenvalue weighted by Gasteiger charge is 2.21. The Labute approximate surface area is 76.7 Å².